The minimum atomic E-state index is 0.654. The van der Waals surface area contributed by atoms with Crippen LogP contribution in [0.15, 0.2) is 30.5 Å². The van der Waals surface area contributed by atoms with Gasteiger partial charge in [0.05, 0.1) is 5.52 Å². The van der Waals surface area contributed by atoms with E-state index in [0.29, 0.717) is 5.56 Å². The van der Waals surface area contributed by atoms with Crippen molar-refractivity contribution >= 4 is 17.2 Å². The summed E-state index contributed by atoms with van der Waals surface area (Å²) in [5, 5.41) is 1.00. The molecule has 0 saturated heterocycles. The summed E-state index contributed by atoms with van der Waals surface area (Å²) in [5.41, 5.74) is 1.49. The Kier molecular flexibility index (Phi) is 1.59. The van der Waals surface area contributed by atoms with E-state index in [9.17, 15) is 4.79 Å². The first-order chi connectivity index (χ1) is 5.90. The van der Waals surface area contributed by atoms with Crippen molar-refractivity contribution in [2.75, 3.05) is 0 Å². The molecule has 0 saturated carbocycles. The van der Waals surface area contributed by atoms with Crippen molar-refractivity contribution in [3.63, 3.8) is 0 Å². The average molecular weight is 156 g/mol. The lowest BCUT2D eigenvalue weighted by atomic mass is 10.1. The Hall–Kier alpha value is -1.70. The van der Waals surface area contributed by atoms with E-state index >= 15 is 0 Å². The minimum Gasteiger partial charge on any atom is -0.298 e. The van der Waals surface area contributed by atoms with Gasteiger partial charge in [-0.05, 0) is 12.1 Å². The summed E-state index contributed by atoms with van der Waals surface area (Å²) in [4.78, 5) is 14.5. The Balaban J connectivity index is 2.75. The zero-order chi connectivity index (χ0) is 8.39. The number of aromatic nitrogens is 1. The van der Waals surface area contributed by atoms with Gasteiger partial charge in [-0.25, -0.2) is 0 Å². The molecule has 0 fully saturated rings. The molecule has 0 spiro atoms. The number of hydrogen-bond donors (Lipinski definition) is 0. The van der Waals surface area contributed by atoms with Crippen LogP contribution in [0.2, 0.25) is 0 Å². The first-order valence-corrected chi connectivity index (χ1v) is 3.61. The van der Waals surface area contributed by atoms with Crippen LogP contribution in [0, 0.1) is 6.07 Å². The van der Waals surface area contributed by atoms with Crippen LogP contribution in [0.5, 0.6) is 0 Å². The Morgan fingerprint density at radius 1 is 1.42 bits per heavy atom. The third-order valence-electron chi connectivity index (χ3n) is 1.71. The van der Waals surface area contributed by atoms with E-state index in [0.717, 1.165) is 17.2 Å². The molecule has 0 atom stereocenters. The molecule has 2 nitrogen and oxygen atoms in total. The van der Waals surface area contributed by atoms with Gasteiger partial charge in [0.15, 0.2) is 0 Å². The van der Waals surface area contributed by atoms with Gasteiger partial charge in [0, 0.05) is 23.2 Å². The number of nitrogens with zero attached hydrogens (tertiary/aromatic N) is 1. The topological polar surface area (TPSA) is 30.0 Å². The molecule has 0 N–H and O–H groups in total. The molecule has 2 heteroatoms. The van der Waals surface area contributed by atoms with Crippen LogP contribution in [0.25, 0.3) is 10.9 Å². The largest absolute Gasteiger partial charge is 0.298 e. The van der Waals surface area contributed by atoms with Crippen LogP contribution < -0.4 is 0 Å². The number of rotatable bonds is 1. The minimum absolute atomic E-state index is 0.654. The molecule has 2 rings (SSSR count). The van der Waals surface area contributed by atoms with E-state index in [2.05, 4.69) is 11.1 Å². The van der Waals surface area contributed by atoms with Crippen molar-refractivity contribution in [1.82, 2.24) is 4.98 Å². The molecule has 0 bridgehead atoms. The molecule has 1 radical (unpaired) electrons. The summed E-state index contributed by atoms with van der Waals surface area (Å²) < 4.78 is 0. The number of carbonyl (C=O) groups excluding carboxylic acids is 1. The highest BCUT2D eigenvalue weighted by Gasteiger charge is 1.94. The molecule has 0 aliphatic carbocycles. The molecule has 12 heavy (non-hydrogen) atoms. The molecular weight excluding hydrogens is 150 g/mol. The fourth-order valence-electron chi connectivity index (χ4n) is 1.10. The lowest BCUT2D eigenvalue weighted by molar-refractivity contribution is 0.112. The van der Waals surface area contributed by atoms with Gasteiger partial charge < -0.3 is 0 Å². The number of hydrogen-bond acceptors (Lipinski definition) is 2. The Bertz CT molecular complexity index is 423. The Labute approximate surface area is 69.9 Å². The molecule has 0 aliphatic heterocycles. The van der Waals surface area contributed by atoms with Crippen LogP contribution >= 0.6 is 0 Å². The van der Waals surface area contributed by atoms with Crippen molar-refractivity contribution in [1.29, 1.82) is 0 Å². The highest BCUT2D eigenvalue weighted by molar-refractivity contribution is 5.86. The molecule has 1 aromatic carbocycles. The summed E-state index contributed by atoms with van der Waals surface area (Å²) >= 11 is 0. The fraction of sp³-hybridized carbons (Fsp3) is 0. The monoisotopic (exact) mass is 156 g/mol. The van der Waals surface area contributed by atoms with E-state index in [4.69, 9.17) is 0 Å². The number of benzene rings is 1. The highest BCUT2D eigenvalue weighted by atomic mass is 16.1. The first kappa shape index (κ1) is 6.98. The second kappa shape index (κ2) is 2.74. The average Bonchev–Trinajstić information content (AvgIpc) is 2.17. The number of carbonyl (C=O) groups is 1. The van der Waals surface area contributed by atoms with Crippen LogP contribution in [0.3, 0.4) is 0 Å². The number of fused-ring (bicyclic) bond motifs is 1. The molecule has 2 aromatic rings. The van der Waals surface area contributed by atoms with Crippen molar-refractivity contribution in [3.8, 4) is 0 Å². The molecule has 0 amide bonds. The SMILES string of the molecule is O=Cc1ccc2c[c]cnc2c1. The second-order valence-electron chi connectivity index (χ2n) is 2.51. The molecule has 1 aromatic heterocycles. The summed E-state index contributed by atoms with van der Waals surface area (Å²) in [6.07, 6.45) is 2.41. The molecule has 0 unspecified atom stereocenters. The van der Waals surface area contributed by atoms with E-state index < -0.39 is 0 Å². The van der Waals surface area contributed by atoms with E-state index in [1.54, 1.807) is 18.3 Å². The molecule has 0 aliphatic rings. The van der Waals surface area contributed by atoms with E-state index in [1.165, 1.54) is 0 Å². The molecular formula is C10H6NO. The lowest BCUT2D eigenvalue weighted by Gasteiger charge is -1.95. The van der Waals surface area contributed by atoms with Gasteiger partial charge in [-0.1, -0.05) is 12.1 Å². The summed E-state index contributed by atoms with van der Waals surface area (Å²) in [5.74, 6) is 0. The van der Waals surface area contributed by atoms with Gasteiger partial charge >= 0.3 is 0 Å². The summed E-state index contributed by atoms with van der Waals surface area (Å²) in [6.45, 7) is 0. The third-order valence-corrected chi connectivity index (χ3v) is 1.71. The van der Waals surface area contributed by atoms with Crippen molar-refractivity contribution in [3.05, 3.63) is 42.1 Å². The summed E-state index contributed by atoms with van der Waals surface area (Å²) in [6, 6.07) is 10.1. The number of pyridine rings is 1. The van der Waals surface area contributed by atoms with Crippen LogP contribution in [-0.4, -0.2) is 11.3 Å². The van der Waals surface area contributed by atoms with Gasteiger partial charge in [-0.3, -0.25) is 9.78 Å². The Morgan fingerprint density at radius 2 is 2.33 bits per heavy atom. The van der Waals surface area contributed by atoms with E-state index in [-0.39, 0.29) is 0 Å². The quantitative estimate of drug-likeness (QED) is 0.590. The zero-order valence-electron chi connectivity index (χ0n) is 6.32. The molecule has 1 heterocycles. The van der Waals surface area contributed by atoms with Crippen LogP contribution in [-0.2, 0) is 0 Å². The third kappa shape index (κ3) is 1.07. The predicted molar refractivity (Wildman–Crippen MR) is 46.0 cm³/mol. The van der Waals surface area contributed by atoms with Crippen LogP contribution in [0.4, 0.5) is 0 Å². The smallest absolute Gasteiger partial charge is 0.150 e. The predicted octanol–water partition coefficient (Wildman–Crippen LogP) is 1.85. The van der Waals surface area contributed by atoms with Crippen molar-refractivity contribution < 1.29 is 4.79 Å². The first-order valence-electron chi connectivity index (χ1n) is 3.61. The zero-order valence-corrected chi connectivity index (χ0v) is 6.32. The van der Waals surface area contributed by atoms with Gasteiger partial charge in [-0.2, -0.15) is 0 Å². The summed E-state index contributed by atoms with van der Waals surface area (Å²) in [7, 11) is 0. The highest BCUT2D eigenvalue weighted by Crippen LogP contribution is 2.11. The number of aldehydes is 1. The van der Waals surface area contributed by atoms with Gasteiger partial charge in [0.25, 0.3) is 0 Å². The fourth-order valence-corrected chi connectivity index (χ4v) is 1.10. The standard InChI is InChI=1S/C10H6NO/c12-7-8-3-4-9-2-1-5-11-10(9)6-8/h2-7H. The van der Waals surface area contributed by atoms with Gasteiger partial charge in [0.2, 0.25) is 0 Å². The van der Waals surface area contributed by atoms with Crippen molar-refractivity contribution in [2.45, 2.75) is 0 Å². The van der Waals surface area contributed by atoms with Crippen molar-refractivity contribution in [2.24, 2.45) is 0 Å². The normalized spacial score (nSPS) is 10.0. The maximum Gasteiger partial charge on any atom is 0.150 e. The maximum absolute atomic E-state index is 10.4. The lowest BCUT2D eigenvalue weighted by Crippen LogP contribution is -1.81. The van der Waals surface area contributed by atoms with Crippen LogP contribution in [0.1, 0.15) is 10.4 Å². The Morgan fingerprint density at radius 3 is 3.17 bits per heavy atom. The van der Waals surface area contributed by atoms with Gasteiger partial charge in [0.1, 0.15) is 6.29 Å². The van der Waals surface area contributed by atoms with E-state index in [1.807, 2.05) is 12.1 Å². The maximum atomic E-state index is 10.4. The van der Waals surface area contributed by atoms with Gasteiger partial charge in [-0.15, -0.1) is 0 Å². The second-order valence-corrected chi connectivity index (χ2v) is 2.51. The molecule has 57 valence electrons.